The minimum absolute atomic E-state index is 0.0420. The average Bonchev–Trinajstić information content (AvgIpc) is 2.43. The van der Waals surface area contributed by atoms with Gasteiger partial charge in [0, 0.05) is 31.7 Å². The number of anilines is 1. The molecule has 6 heteroatoms. The van der Waals surface area contributed by atoms with Gasteiger partial charge in [-0.1, -0.05) is 0 Å². The fourth-order valence-electron chi connectivity index (χ4n) is 2.44. The van der Waals surface area contributed by atoms with Gasteiger partial charge in [-0.05, 0) is 43.5 Å². The molecular formula is C15H20FN3O2. The Labute approximate surface area is 123 Å². The molecule has 0 unspecified atom stereocenters. The average molecular weight is 293 g/mol. The lowest BCUT2D eigenvalue weighted by Gasteiger charge is -2.32. The van der Waals surface area contributed by atoms with E-state index in [1.165, 1.54) is 13.0 Å². The highest BCUT2D eigenvalue weighted by Gasteiger charge is 2.23. The van der Waals surface area contributed by atoms with Crippen molar-refractivity contribution in [2.24, 2.45) is 0 Å². The van der Waals surface area contributed by atoms with Crippen LogP contribution >= 0.6 is 0 Å². The van der Waals surface area contributed by atoms with Crippen LogP contribution in [0.4, 0.5) is 14.9 Å². The van der Waals surface area contributed by atoms with Gasteiger partial charge in [-0.15, -0.1) is 0 Å². The molecule has 0 spiro atoms. The number of likely N-dealkylation sites (tertiary alicyclic amines) is 1. The molecule has 0 bridgehead atoms. The van der Waals surface area contributed by atoms with E-state index in [0.29, 0.717) is 24.3 Å². The molecule has 0 aliphatic carbocycles. The first-order valence-corrected chi connectivity index (χ1v) is 7.05. The smallest absolute Gasteiger partial charge is 0.321 e. The Morgan fingerprint density at radius 1 is 1.29 bits per heavy atom. The Balaban J connectivity index is 1.87. The van der Waals surface area contributed by atoms with E-state index in [4.69, 9.17) is 0 Å². The lowest BCUT2D eigenvalue weighted by molar-refractivity contribution is -0.119. The number of benzene rings is 1. The molecule has 2 rings (SSSR count). The molecule has 0 atom stereocenters. The van der Waals surface area contributed by atoms with Crippen molar-refractivity contribution < 1.29 is 14.0 Å². The molecule has 1 aromatic carbocycles. The van der Waals surface area contributed by atoms with Crippen molar-refractivity contribution in [1.82, 2.24) is 10.2 Å². The summed E-state index contributed by atoms with van der Waals surface area (Å²) in [4.78, 5) is 24.8. The first-order valence-electron chi connectivity index (χ1n) is 7.05. The highest BCUT2D eigenvalue weighted by molar-refractivity contribution is 5.89. The van der Waals surface area contributed by atoms with Crippen LogP contribution in [0, 0.1) is 12.7 Å². The molecule has 0 saturated carbocycles. The van der Waals surface area contributed by atoms with Crippen molar-refractivity contribution in [1.29, 1.82) is 0 Å². The van der Waals surface area contributed by atoms with Crippen LogP contribution in [0.15, 0.2) is 18.2 Å². The number of aryl methyl sites for hydroxylation is 1. The van der Waals surface area contributed by atoms with Gasteiger partial charge in [0.15, 0.2) is 0 Å². The van der Waals surface area contributed by atoms with Crippen LogP contribution in [0.1, 0.15) is 25.3 Å². The number of piperidine rings is 1. The van der Waals surface area contributed by atoms with Gasteiger partial charge in [0.2, 0.25) is 5.91 Å². The summed E-state index contributed by atoms with van der Waals surface area (Å²) in [6, 6.07) is 4.44. The zero-order valence-corrected chi connectivity index (χ0v) is 12.3. The Hall–Kier alpha value is -2.11. The minimum atomic E-state index is -0.288. The zero-order chi connectivity index (χ0) is 15.4. The quantitative estimate of drug-likeness (QED) is 0.878. The maximum atomic E-state index is 13.2. The van der Waals surface area contributed by atoms with Gasteiger partial charge in [-0.2, -0.15) is 0 Å². The van der Waals surface area contributed by atoms with Crippen LogP contribution in [0.2, 0.25) is 0 Å². The topological polar surface area (TPSA) is 61.4 Å². The Kier molecular flexibility index (Phi) is 4.77. The van der Waals surface area contributed by atoms with Crippen LogP contribution in [-0.4, -0.2) is 36.0 Å². The summed E-state index contributed by atoms with van der Waals surface area (Å²) >= 11 is 0. The summed E-state index contributed by atoms with van der Waals surface area (Å²) in [7, 11) is 0. The molecular weight excluding hydrogens is 273 g/mol. The highest BCUT2D eigenvalue weighted by atomic mass is 19.1. The Bertz CT molecular complexity index is 540. The summed E-state index contributed by atoms with van der Waals surface area (Å²) in [6.45, 7) is 4.34. The molecule has 1 aliphatic rings. The molecule has 5 nitrogen and oxygen atoms in total. The summed E-state index contributed by atoms with van der Waals surface area (Å²) < 4.78 is 13.2. The van der Waals surface area contributed by atoms with Crippen molar-refractivity contribution >= 4 is 17.6 Å². The van der Waals surface area contributed by atoms with E-state index in [1.807, 2.05) is 0 Å². The van der Waals surface area contributed by atoms with Crippen LogP contribution in [0.5, 0.6) is 0 Å². The predicted octanol–water partition coefficient (Wildman–Crippen LogP) is 2.27. The number of halogens is 1. The number of nitrogens with zero attached hydrogens (tertiary/aromatic N) is 1. The fourth-order valence-corrected chi connectivity index (χ4v) is 2.44. The Morgan fingerprint density at radius 2 is 1.95 bits per heavy atom. The van der Waals surface area contributed by atoms with Crippen molar-refractivity contribution in [2.45, 2.75) is 32.7 Å². The van der Waals surface area contributed by atoms with E-state index in [9.17, 15) is 14.0 Å². The van der Waals surface area contributed by atoms with Gasteiger partial charge in [-0.3, -0.25) is 4.79 Å². The van der Waals surface area contributed by atoms with Crippen molar-refractivity contribution in [3.05, 3.63) is 29.6 Å². The normalized spacial score (nSPS) is 15.7. The summed E-state index contributed by atoms with van der Waals surface area (Å²) in [6.07, 6.45) is 1.49. The van der Waals surface area contributed by atoms with Crippen LogP contribution in [-0.2, 0) is 4.79 Å². The van der Waals surface area contributed by atoms with Crippen LogP contribution < -0.4 is 10.6 Å². The van der Waals surface area contributed by atoms with E-state index >= 15 is 0 Å². The SMILES string of the molecule is CC(=O)NC1CCN(C(=O)Nc2ccc(F)c(C)c2)CC1. The number of urea groups is 1. The third-order valence-corrected chi connectivity index (χ3v) is 3.60. The standard InChI is InChI=1S/C15H20FN3O2/c1-10-9-13(3-4-14(10)16)18-15(21)19-7-5-12(6-8-19)17-11(2)20/h3-4,9,12H,5-8H2,1-2H3,(H,17,20)(H,18,21). The predicted molar refractivity (Wildman–Crippen MR) is 78.6 cm³/mol. The van der Waals surface area contributed by atoms with Gasteiger partial charge in [0.05, 0.1) is 0 Å². The highest BCUT2D eigenvalue weighted by Crippen LogP contribution is 2.16. The van der Waals surface area contributed by atoms with Gasteiger partial charge in [-0.25, -0.2) is 9.18 Å². The van der Waals surface area contributed by atoms with Crippen molar-refractivity contribution in [3.8, 4) is 0 Å². The first-order chi connectivity index (χ1) is 9.95. The summed E-state index contributed by atoms with van der Waals surface area (Å²) in [5.74, 6) is -0.330. The molecule has 0 radical (unpaired) electrons. The van der Waals surface area contributed by atoms with Gasteiger partial charge < -0.3 is 15.5 Å². The largest absolute Gasteiger partial charge is 0.353 e. The molecule has 114 valence electrons. The van der Waals surface area contributed by atoms with Crippen molar-refractivity contribution in [2.75, 3.05) is 18.4 Å². The first kappa shape index (κ1) is 15.3. The molecule has 0 aromatic heterocycles. The molecule has 1 heterocycles. The van der Waals surface area contributed by atoms with E-state index in [0.717, 1.165) is 12.8 Å². The van der Waals surface area contributed by atoms with E-state index in [1.54, 1.807) is 24.0 Å². The lowest BCUT2D eigenvalue weighted by Crippen LogP contribution is -2.47. The number of nitrogens with one attached hydrogen (secondary N) is 2. The number of carbonyl (C=O) groups excluding carboxylic acids is 2. The van der Waals surface area contributed by atoms with Crippen molar-refractivity contribution in [3.63, 3.8) is 0 Å². The van der Waals surface area contributed by atoms with E-state index in [-0.39, 0.29) is 23.8 Å². The molecule has 3 amide bonds. The molecule has 21 heavy (non-hydrogen) atoms. The second-order valence-corrected chi connectivity index (χ2v) is 5.36. The molecule has 1 fully saturated rings. The lowest BCUT2D eigenvalue weighted by atomic mass is 10.1. The van der Waals surface area contributed by atoms with Gasteiger partial charge in [0.1, 0.15) is 5.82 Å². The fraction of sp³-hybridized carbons (Fsp3) is 0.467. The second kappa shape index (κ2) is 6.56. The molecule has 1 aliphatic heterocycles. The molecule has 1 aromatic rings. The third kappa shape index (κ3) is 4.18. The number of rotatable bonds is 2. The summed E-state index contributed by atoms with van der Waals surface area (Å²) in [5, 5.41) is 5.63. The number of amides is 3. The van der Waals surface area contributed by atoms with E-state index in [2.05, 4.69) is 10.6 Å². The van der Waals surface area contributed by atoms with Gasteiger partial charge >= 0.3 is 6.03 Å². The number of carbonyl (C=O) groups is 2. The van der Waals surface area contributed by atoms with Gasteiger partial charge in [0.25, 0.3) is 0 Å². The van der Waals surface area contributed by atoms with E-state index < -0.39 is 0 Å². The maximum Gasteiger partial charge on any atom is 0.321 e. The number of hydrogen-bond donors (Lipinski definition) is 2. The molecule has 2 N–H and O–H groups in total. The zero-order valence-electron chi connectivity index (χ0n) is 12.3. The molecule has 1 saturated heterocycles. The second-order valence-electron chi connectivity index (χ2n) is 5.36. The number of hydrogen-bond acceptors (Lipinski definition) is 2. The summed E-state index contributed by atoms with van der Waals surface area (Å²) in [5.41, 5.74) is 1.08. The maximum absolute atomic E-state index is 13.2. The Morgan fingerprint density at radius 3 is 2.52 bits per heavy atom. The van der Waals surface area contributed by atoms with Crippen LogP contribution in [0.3, 0.4) is 0 Å². The van der Waals surface area contributed by atoms with Crippen LogP contribution in [0.25, 0.3) is 0 Å². The third-order valence-electron chi connectivity index (χ3n) is 3.60. The monoisotopic (exact) mass is 293 g/mol. The minimum Gasteiger partial charge on any atom is -0.353 e.